The Labute approximate surface area is 66.5 Å². The van der Waals surface area contributed by atoms with Crippen LogP contribution in [0.3, 0.4) is 0 Å². The van der Waals surface area contributed by atoms with E-state index >= 15 is 0 Å². The molecule has 0 bridgehead atoms. The van der Waals surface area contributed by atoms with Crippen molar-refractivity contribution < 1.29 is 14.6 Å². The van der Waals surface area contributed by atoms with Crippen LogP contribution in [0, 0.1) is 0 Å². The lowest BCUT2D eigenvalue weighted by molar-refractivity contribution is -0.0453. The third-order valence-corrected chi connectivity index (χ3v) is 1.48. The van der Waals surface area contributed by atoms with Crippen LogP contribution >= 0.6 is 0 Å². The number of hydrogen-bond donors (Lipinski definition) is 2. The fourth-order valence-corrected chi connectivity index (χ4v) is 0.364. The van der Waals surface area contributed by atoms with Crippen LogP contribution in [0.25, 0.3) is 0 Å². The number of aliphatic hydroxyl groups is 1. The summed E-state index contributed by atoms with van der Waals surface area (Å²) >= 11 is 0. The second-order valence-corrected chi connectivity index (χ2v) is 2.95. The smallest absolute Gasteiger partial charge is 0.407 e. The number of carbonyl (C=O) groups is 1. The molecule has 0 aromatic heterocycles. The maximum absolute atomic E-state index is 10.6. The zero-order valence-corrected chi connectivity index (χ0v) is 7.34. The lowest BCUT2D eigenvalue weighted by Gasteiger charge is -2.25. The predicted molar refractivity (Wildman–Crippen MR) is 41.3 cm³/mol. The van der Waals surface area contributed by atoms with Gasteiger partial charge in [-0.3, -0.25) is 0 Å². The summed E-state index contributed by atoms with van der Waals surface area (Å²) in [5, 5.41) is 11.6. The quantitative estimate of drug-likeness (QED) is 0.620. The monoisotopic (exact) mass is 161 g/mol. The Bertz CT molecular complexity index is 139. The van der Waals surface area contributed by atoms with Crippen molar-refractivity contribution in [1.29, 1.82) is 0 Å². The summed E-state index contributed by atoms with van der Waals surface area (Å²) in [7, 11) is 1.47. The summed E-state index contributed by atoms with van der Waals surface area (Å²) in [6, 6.07) is 0. The van der Waals surface area contributed by atoms with E-state index in [1.54, 1.807) is 20.8 Å². The molecule has 0 unspecified atom stereocenters. The van der Waals surface area contributed by atoms with Gasteiger partial charge in [-0.05, 0) is 20.8 Å². The second-order valence-electron chi connectivity index (χ2n) is 2.95. The van der Waals surface area contributed by atoms with Crippen molar-refractivity contribution in [2.45, 2.75) is 32.5 Å². The highest BCUT2D eigenvalue weighted by Crippen LogP contribution is 2.11. The first kappa shape index (κ1) is 10.2. The van der Waals surface area contributed by atoms with Crippen molar-refractivity contribution in [3.05, 3.63) is 0 Å². The first-order valence-corrected chi connectivity index (χ1v) is 3.48. The van der Waals surface area contributed by atoms with Gasteiger partial charge >= 0.3 is 6.09 Å². The molecule has 0 radical (unpaired) electrons. The van der Waals surface area contributed by atoms with Gasteiger partial charge in [-0.25, -0.2) is 4.79 Å². The molecule has 1 atom stereocenters. The first-order valence-electron chi connectivity index (χ1n) is 3.48. The van der Waals surface area contributed by atoms with Crippen molar-refractivity contribution in [1.82, 2.24) is 5.32 Å². The number of alkyl carbamates (subject to hydrolysis) is 1. The van der Waals surface area contributed by atoms with E-state index in [9.17, 15) is 9.90 Å². The number of nitrogens with one attached hydrogen (secondary N) is 1. The summed E-state index contributed by atoms with van der Waals surface area (Å²) in [6.45, 7) is 4.80. The van der Waals surface area contributed by atoms with Crippen molar-refractivity contribution in [2.75, 3.05) is 7.05 Å². The number of carbonyl (C=O) groups excluding carboxylic acids is 1. The van der Waals surface area contributed by atoms with Gasteiger partial charge in [-0.2, -0.15) is 0 Å². The molecule has 11 heavy (non-hydrogen) atoms. The third-order valence-electron chi connectivity index (χ3n) is 1.48. The zero-order chi connectivity index (χ0) is 9.07. The Morgan fingerprint density at radius 1 is 1.64 bits per heavy atom. The van der Waals surface area contributed by atoms with Gasteiger partial charge in [0.25, 0.3) is 0 Å². The maximum atomic E-state index is 10.6. The Kier molecular flexibility index (Phi) is 3.32. The zero-order valence-electron chi connectivity index (χ0n) is 7.34. The lowest BCUT2D eigenvalue weighted by Crippen LogP contribution is -2.39. The van der Waals surface area contributed by atoms with Gasteiger partial charge in [0.1, 0.15) is 6.10 Å². The van der Waals surface area contributed by atoms with E-state index in [1.807, 2.05) is 0 Å². The van der Waals surface area contributed by atoms with Crippen molar-refractivity contribution >= 4 is 6.09 Å². The van der Waals surface area contributed by atoms with E-state index in [1.165, 1.54) is 7.05 Å². The summed E-state index contributed by atoms with van der Waals surface area (Å²) in [5.41, 5.74) is -0.994. The highest BCUT2D eigenvalue weighted by molar-refractivity contribution is 5.66. The largest absolute Gasteiger partial charge is 0.444 e. The molecule has 0 spiro atoms. The number of ether oxygens (including phenoxy) is 1. The van der Waals surface area contributed by atoms with E-state index in [0.29, 0.717) is 0 Å². The van der Waals surface area contributed by atoms with Crippen molar-refractivity contribution in [3.63, 3.8) is 0 Å². The molecule has 0 fully saturated rings. The van der Waals surface area contributed by atoms with E-state index in [4.69, 9.17) is 4.74 Å². The summed E-state index contributed by atoms with van der Waals surface area (Å²) in [5.74, 6) is 0. The molecular weight excluding hydrogens is 146 g/mol. The van der Waals surface area contributed by atoms with Crippen LogP contribution in [0.1, 0.15) is 20.8 Å². The van der Waals surface area contributed by atoms with Gasteiger partial charge in [0.05, 0.1) is 5.60 Å². The molecule has 2 N–H and O–H groups in total. The molecule has 0 rings (SSSR count). The minimum Gasteiger partial charge on any atom is -0.444 e. The molecule has 4 heteroatoms. The molecule has 0 aliphatic carbocycles. The Morgan fingerprint density at radius 2 is 2.09 bits per heavy atom. The summed E-state index contributed by atoms with van der Waals surface area (Å²) in [4.78, 5) is 10.6. The molecule has 0 saturated heterocycles. The Morgan fingerprint density at radius 3 is 2.36 bits per heavy atom. The molecule has 0 aliphatic heterocycles. The standard InChI is InChI=1S/C7H15NO3/c1-5(7(2,3)10)11-6(9)8-4/h5,10H,1-4H3,(H,8,9)/t5-/m0/s1. The van der Waals surface area contributed by atoms with Gasteiger partial charge in [-0.15, -0.1) is 0 Å². The second kappa shape index (κ2) is 3.57. The fourth-order valence-electron chi connectivity index (χ4n) is 0.364. The molecule has 4 nitrogen and oxygen atoms in total. The van der Waals surface area contributed by atoms with E-state index in [0.717, 1.165) is 0 Å². The van der Waals surface area contributed by atoms with E-state index in [-0.39, 0.29) is 0 Å². The molecule has 0 aromatic carbocycles. The molecular formula is C7H15NO3. The Hall–Kier alpha value is -0.770. The van der Waals surface area contributed by atoms with Crippen molar-refractivity contribution in [3.8, 4) is 0 Å². The van der Waals surface area contributed by atoms with Gasteiger partial charge in [0, 0.05) is 7.05 Å². The predicted octanol–water partition coefficient (Wildman–Crippen LogP) is 0.502. The van der Waals surface area contributed by atoms with Crippen LogP contribution in [0.4, 0.5) is 4.79 Å². The third kappa shape index (κ3) is 3.83. The molecule has 66 valence electrons. The molecule has 0 aliphatic rings. The molecule has 0 heterocycles. The van der Waals surface area contributed by atoms with Crippen LogP contribution in [0.5, 0.6) is 0 Å². The minimum absolute atomic E-state index is 0.512. The van der Waals surface area contributed by atoms with E-state index in [2.05, 4.69) is 5.32 Å². The van der Waals surface area contributed by atoms with Crippen LogP contribution in [0.15, 0.2) is 0 Å². The number of rotatable bonds is 2. The minimum atomic E-state index is -0.994. The topological polar surface area (TPSA) is 58.6 Å². The average Bonchev–Trinajstić information content (AvgIpc) is 1.85. The number of amides is 1. The lowest BCUT2D eigenvalue weighted by atomic mass is 10.0. The van der Waals surface area contributed by atoms with Crippen LogP contribution < -0.4 is 5.32 Å². The first-order chi connectivity index (χ1) is 4.88. The van der Waals surface area contributed by atoms with Crippen LogP contribution in [-0.2, 0) is 4.74 Å². The Balaban J connectivity index is 3.87. The number of hydrogen-bond acceptors (Lipinski definition) is 3. The van der Waals surface area contributed by atoms with Crippen molar-refractivity contribution in [2.24, 2.45) is 0 Å². The van der Waals surface area contributed by atoms with Crippen LogP contribution in [0.2, 0.25) is 0 Å². The fraction of sp³-hybridized carbons (Fsp3) is 0.857. The molecule has 0 aromatic rings. The maximum Gasteiger partial charge on any atom is 0.407 e. The summed E-state index contributed by atoms with van der Waals surface area (Å²) < 4.78 is 4.76. The average molecular weight is 161 g/mol. The normalized spacial score (nSPS) is 13.9. The van der Waals surface area contributed by atoms with Gasteiger partial charge in [0.2, 0.25) is 0 Å². The van der Waals surface area contributed by atoms with Crippen LogP contribution in [-0.4, -0.2) is 30.0 Å². The summed E-state index contributed by atoms with van der Waals surface area (Å²) in [6.07, 6.45) is -1.04. The molecule has 0 saturated carbocycles. The SMILES string of the molecule is CNC(=O)O[C@@H](C)C(C)(C)O. The highest BCUT2D eigenvalue weighted by Gasteiger charge is 2.25. The van der Waals surface area contributed by atoms with Gasteiger partial charge < -0.3 is 15.2 Å². The molecule has 1 amide bonds. The highest BCUT2D eigenvalue weighted by atomic mass is 16.6. The van der Waals surface area contributed by atoms with Gasteiger partial charge in [0.15, 0.2) is 0 Å². The van der Waals surface area contributed by atoms with E-state index < -0.39 is 17.8 Å². The van der Waals surface area contributed by atoms with Gasteiger partial charge in [-0.1, -0.05) is 0 Å².